The van der Waals surface area contributed by atoms with Crippen LogP contribution in [0.1, 0.15) is 25.8 Å². The predicted octanol–water partition coefficient (Wildman–Crippen LogP) is 2.36. The lowest BCUT2D eigenvalue weighted by molar-refractivity contribution is 0.0306. The lowest BCUT2D eigenvalue weighted by Gasteiger charge is -2.28. The summed E-state index contributed by atoms with van der Waals surface area (Å²) in [6.45, 7) is 7.01. The van der Waals surface area contributed by atoms with Crippen molar-refractivity contribution in [2.75, 3.05) is 26.8 Å². The number of rotatable bonds is 8. The Labute approximate surface area is 108 Å². The second kappa shape index (κ2) is 7.11. The van der Waals surface area contributed by atoms with Gasteiger partial charge in [0.1, 0.15) is 0 Å². The van der Waals surface area contributed by atoms with E-state index >= 15 is 0 Å². The zero-order valence-electron chi connectivity index (χ0n) is 11.0. The SMILES string of the molecule is COCCCN(Cc1ccsc1)CC(C)(C)O. The highest BCUT2D eigenvalue weighted by Gasteiger charge is 2.18. The van der Waals surface area contributed by atoms with E-state index in [0.29, 0.717) is 6.54 Å². The largest absolute Gasteiger partial charge is 0.389 e. The standard InChI is InChI=1S/C13H23NO2S/c1-13(2,15)11-14(6-4-7-16-3)9-12-5-8-17-10-12/h5,8,10,15H,4,6-7,9,11H2,1-3H3. The van der Waals surface area contributed by atoms with Crippen LogP contribution in [0.15, 0.2) is 16.8 Å². The van der Waals surface area contributed by atoms with E-state index in [2.05, 4.69) is 21.7 Å². The van der Waals surface area contributed by atoms with Gasteiger partial charge >= 0.3 is 0 Å². The molecular weight excluding hydrogens is 234 g/mol. The third kappa shape index (κ3) is 6.78. The van der Waals surface area contributed by atoms with Gasteiger partial charge in [-0.15, -0.1) is 0 Å². The summed E-state index contributed by atoms with van der Waals surface area (Å²) in [5, 5.41) is 14.2. The first-order valence-electron chi connectivity index (χ1n) is 5.96. The Morgan fingerprint density at radius 2 is 2.24 bits per heavy atom. The molecule has 98 valence electrons. The molecule has 0 aliphatic heterocycles. The summed E-state index contributed by atoms with van der Waals surface area (Å²) in [6.07, 6.45) is 0.997. The second-order valence-corrected chi connectivity index (χ2v) is 5.78. The van der Waals surface area contributed by atoms with Crippen LogP contribution in [-0.2, 0) is 11.3 Å². The van der Waals surface area contributed by atoms with Gasteiger partial charge in [0, 0.05) is 33.4 Å². The van der Waals surface area contributed by atoms with Crippen molar-refractivity contribution >= 4 is 11.3 Å². The summed E-state index contributed by atoms with van der Waals surface area (Å²) in [7, 11) is 1.72. The number of methoxy groups -OCH3 is 1. The zero-order chi connectivity index (χ0) is 12.7. The Bertz CT molecular complexity index is 293. The quantitative estimate of drug-likeness (QED) is 0.726. The fraction of sp³-hybridized carbons (Fsp3) is 0.692. The van der Waals surface area contributed by atoms with E-state index in [1.807, 2.05) is 13.8 Å². The van der Waals surface area contributed by atoms with Crippen LogP contribution < -0.4 is 0 Å². The van der Waals surface area contributed by atoms with Gasteiger partial charge in [0.05, 0.1) is 5.60 Å². The van der Waals surface area contributed by atoms with Gasteiger partial charge in [-0.25, -0.2) is 0 Å². The summed E-state index contributed by atoms with van der Waals surface area (Å²) in [5.41, 5.74) is 0.667. The number of hydrogen-bond acceptors (Lipinski definition) is 4. The van der Waals surface area contributed by atoms with Crippen LogP contribution in [0.5, 0.6) is 0 Å². The molecule has 0 unspecified atom stereocenters. The molecule has 0 atom stereocenters. The number of nitrogens with zero attached hydrogens (tertiary/aromatic N) is 1. The van der Waals surface area contributed by atoms with Crippen molar-refractivity contribution in [3.05, 3.63) is 22.4 Å². The molecule has 1 aromatic rings. The van der Waals surface area contributed by atoms with Crippen molar-refractivity contribution < 1.29 is 9.84 Å². The first kappa shape index (κ1) is 14.6. The molecule has 0 aliphatic rings. The van der Waals surface area contributed by atoms with E-state index in [0.717, 1.165) is 26.1 Å². The molecule has 0 amide bonds. The van der Waals surface area contributed by atoms with E-state index in [1.54, 1.807) is 18.4 Å². The summed E-state index contributed by atoms with van der Waals surface area (Å²) in [5.74, 6) is 0. The minimum Gasteiger partial charge on any atom is -0.389 e. The molecule has 0 aliphatic carbocycles. The third-order valence-corrected chi connectivity index (χ3v) is 3.15. The third-order valence-electron chi connectivity index (χ3n) is 2.42. The van der Waals surface area contributed by atoms with E-state index in [9.17, 15) is 5.11 Å². The molecule has 1 rings (SSSR count). The number of thiophene rings is 1. The normalized spacial score (nSPS) is 12.3. The van der Waals surface area contributed by atoms with E-state index in [4.69, 9.17) is 4.74 Å². The highest BCUT2D eigenvalue weighted by molar-refractivity contribution is 7.07. The summed E-state index contributed by atoms with van der Waals surface area (Å²) in [4.78, 5) is 2.28. The maximum atomic E-state index is 9.90. The average Bonchev–Trinajstić information content (AvgIpc) is 2.68. The van der Waals surface area contributed by atoms with Gasteiger partial charge in [-0.2, -0.15) is 11.3 Å². The monoisotopic (exact) mass is 257 g/mol. The lowest BCUT2D eigenvalue weighted by atomic mass is 10.1. The average molecular weight is 257 g/mol. The molecule has 0 radical (unpaired) electrons. The van der Waals surface area contributed by atoms with Crippen LogP contribution in [0.4, 0.5) is 0 Å². The van der Waals surface area contributed by atoms with Crippen LogP contribution in [-0.4, -0.2) is 42.4 Å². The molecule has 17 heavy (non-hydrogen) atoms. The van der Waals surface area contributed by atoms with Crippen molar-refractivity contribution in [2.45, 2.75) is 32.4 Å². The summed E-state index contributed by atoms with van der Waals surface area (Å²) < 4.78 is 5.07. The minimum atomic E-state index is -0.650. The summed E-state index contributed by atoms with van der Waals surface area (Å²) >= 11 is 1.71. The summed E-state index contributed by atoms with van der Waals surface area (Å²) in [6, 6.07) is 2.14. The Balaban J connectivity index is 2.46. The van der Waals surface area contributed by atoms with Crippen LogP contribution in [0.2, 0.25) is 0 Å². The minimum absolute atomic E-state index is 0.650. The topological polar surface area (TPSA) is 32.7 Å². The van der Waals surface area contributed by atoms with Gasteiger partial charge in [-0.05, 0) is 42.7 Å². The van der Waals surface area contributed by atoms with Crippen LogP contribution >= 0.6 is 11.3 Å². The molecule has 0 saturated carbocycles. The van der Waals surface area contributed by atoms with Crippen LogP contribution in [0.3, 0.4) is 0 Å². The number of hydrogen-bond donors (Lipinski definition) is 1. The molecule has 0 spiro atoms. The first-order chi connectivity index (χ1) is 8.01. The van der Waals surface area contributed by atoms with Gasteiger partial charge in [-0.1, -0.05) is 0 Å². The fourth-order valence-corrected chi connectivity index (χ4v) is 2.49. The van der Waals surface area contributed by atoms with Crippen molar-refractivity contribution in [3.8, 4) is 0 Å². The fourth-order valence-electron chi connectivity index (χ4n) is 1.83. The van der Waals surface area contributed by atoms with Crippen molar-refractivity contribution in [1.29, 1.82) is 0 Å². The molecule has 1 aromatic heterocycles. The molecule has 4 heteroatoms. The van der Waals surface area contributed by atoms with Gasteiger partial charge < -0.3 is 9.84 Å². The van der Waals surface area contributed by atoms with Crippen molar-refractivity contribution in [1.82, 2.24) is 4.90 Å². The second-order valence-electron chi connectivity index (χ2n) is 5.00. The highest BCUT2D eigenvalue weighted by atomic mass is 32.1. The number of ether oxygens (including phenoxy) is 1. The molecule has 1 N–H and O–H groups in total. The van der Waals surface area contributed by atoms with Gasteiger partial charge in [0.25, 0.3) is 0 Å². The maximum Gasteiger partial charge on any atom is 0.0718 e. The lowest BCUT2D eigenvalue weighted by Crippen LogP contribution is -2.39. The van der Waals surface area contributed by atoms with Crippen molar-refractivity contribution in [2.24, 2.45) is 0 Å². The molecule has 0 aromatic carbocycles. The first-order valence-corrected chi connectivity index (χ1v) is 6.90. The maximum absolute atomic E-state index is 9.90. The highest BCUT2D eigenvalue weighted by Crippen LogP contribution is 2.13. The van der Waals surface area contributed by atoms with Gasteiger partial charge in [0.15, 0.2) is 0 Å². The molecular formula is C13H23NO2S. The molecule has 0 fully saturated rings. The van der Waals surface area contributed by atoms with E-state index in [1.165, 1.54) is 5.56 Å². The Morgan fingerprint density at radius 1 is 1.47 bits per heavy atom. The number of aliphatic hydroxyl groups is 1. The zero-order valence-corrected chi connectivity index (χ0v) is 11.8. The van der Waals surface area contributed by atoms with Gasteiger partial charge in [-0.3, -0.25) is 4.90 Å². The van der Waals surface area contributed by atoms with Gasteiger partial charge in [0.2, 0.25) is 0 Å². The van der Waals surface area contributed by atoms with Crippen LogP contribution in [0.25, 0.3) is 0 Å². The smallest absolute Gasteiger partial charge is 0.0718 e. The van der Waals surface area contributed by atoms with E-state index in [-0.39, 0.29) is 0 Å². The Kier molecular flexibility index (Phi) is 6.12. The predicted molar refractivity (Wildman–Crippen MR) is 72.4 cm³/mol. The van der Waals surface area contributed by atoms with Crippen molar-refractivity contribution in [3.63, 3.8) is 0 Å². The van der Waals surface area contributed by atoms with Crippen LogP contribution in [0, 0.1) is 0 Å². The Hall–Kier alpha value is -0.420. The molecule has 0 saturated heterocycles. The Morgan fingerprint density at radius 3 is 2.76 bits per heavy atom. The van der Waals surface area contributed by atoms with E-state index < -0.39 is 5.60 Å². The molecule has 3 nitrogen and oxygen atoms in total. The molecule has 0 bridgehead atoms. The molecule has 1 heterocycles.